The van der Waals surface area contributed by atoms with Crippen LogP contribution in [0.15, 0.2) is 47.5 Å². The van der Waals surface area contributed by atoms with E-state index < -0.39 is 10.0 Å². The summed E-state index contributed by atoms with van der Waals surface area (Å²) in [5.74, 6) is 0.767. The zero-order chi connectivity index (χ0) is 18.0. The summed E-state index contributed by atoms with van der Waals surface area (Å²) in [5, 5.41) is 17.8. The molecular weight excluding hydrogens is 342 g/mol. The molecule has 0 aliphatic rings. The fourth-order valence-corrected chi connectivity index (χ4v) is 2.77. The summed E-state index contributed by atoms with van der Waals surface area (Å²) >= 11 is 0. The number of fused-ring (bicyclic) bond motifs is 1. The summed E-state index contributed by atoms with van der Waals surface area (Å²) in [6.07, 6.45) is 1.58. The molecule has 0 atom stereocenters. The van der Waals surface area contributed by atoms with Gasteiger partial charge in [-0.3, -0.25) is 0 Å². The highest BCUT2D eigenvalue weighted by Gasteiger charge is 2.10. The lowest BCUT2D eigenvalue weighted by Gasteiger charge is -2.09. The van der Waals surface area contributed by atoms with E-state index in [1.54, 1.807) is 30.5 Å². The second-order valence-corrected chi connectivity index (χ2v) is 6.68. The number of anilines is 2. The van der Waals surface area contributed by atoms with Crippen LogP contribution in [0.1, 0.15) is 5.56 Å². The Bertz CT molecular complexity index is 1090. The zero-order valence-electron chi connectivity index (χ0n) is 13.1. The molecule has 0 aliphatic heterocycles. The molecule has 3 rings (SSSR count). The largest absolute Gasteiger partial charge is 0.494 e. The van der Waals surface area contributed by atoms with Crippen LogP contribution in [-0.4, -0.2) is 25.5 Å². The molecule has 0 radical (unpaired) electrons. The van der Waals surface area contributed by atoms with Gasteiger partial charge in [-0.15, -0.1) is 0 Å². The van der Waals surface area contributed by atoms with E-state index in [9.17, 15) is 8.42 Å². The lowest BCUT2D eigenvalue weighted by molar-refractivity contribution is 0.418. The summed E-state index contributed by atoms with van der Waals surface area (Å²) < 4.78 is 27.8. The lowest BCUT2D eigenvalue weighted by Crippen LogP contribution is -2.11. The lowest BCUT2D eigenvalue weighted by atomic mass is 10.1. The van der Waals surface area contributed by atoms with E-state index in [0.717, 1.165) is 0 Å². The number of methoxy groups -OCH3 is 1. The molecule has 8 nitrogen and oxygen atoms in total. The summed E-state index contributed by atoms with van der Waals surface area (Å²) in [4.78, 5) is 8.60. The van der Waals surface area contributed by atoms with Gasteiger partial charge in [0.15, 0.2) is 0 Å². The van der Waals surface area contributed by atoms with Crippen molar-refractivity contribution in [3.8, 4) is 11.8 Å². The fourth-order valence-electron chi connectivity index (χ4n) is 2.25. The number of nitrogens with zero attached hydrogens (tertiary/aromatic N) is 3. The molecule has 3 aromatic rings. The smallest absolute Gasteiger partial charge is 0.238 e. The topological polar surface area (TPSA) is 131 Å². The Morgan fingerprint density at radius 1 is 1.24 bits per heavy atom. The summed E-state index contributed by atoms with van der Waals surface area (Å²) in [5.41, 5.74) is 1.60. The highest BCUT2D eigenvalue weighted by molar-refractivity contribution is 7.89. The third kappa shape index (κ3) is 3.50. The number of aromatic nitrogens is 2. The van der Waals surface area contributed by atoms with Gasteiger partial charge >= 0.3 is 0 Å². The molecule has 0 aliphatic carbocycles. The van der Waals surface area contributed by atoms with Crippen LogP contribution in [0.5, 0.6) is 5.75 Å². The van der Waals surface area contributed by atoms with E-state index in [-0.39, 0.29) is 4.90 Å². The Hall–Kier alpha value is -3.22. The van der Waals surface area contributed by atoms with Crippen molar-refractivity contribution in [3.05, 3.63) is 48.2 Å². The quantitative estimate of drug-likeness (QED) is 0.730. The van der Waals surface area contributed by atoms with Gasteiger partial charge in [-0.25, -0.2) is 23.5 Å². The van der Waals surface area contributed by atoms with Crippen LogP contribution in [-0.2, 0) is 10.0 Å². The monoisotopic (exact) mass is 355 g/mol. The SMILES string of the molecule is COc1cc(C#N)cc2cnc(Nc3ccc(S(N)(=O)=O)cc3)nc12. The number of nitriles is 1. The van der Waals surface area contributed by atoms with E-state index in [4.69, 9.17) is 15.1 Å². The van der Waals surface area contributed by atoms with Crippen molar-refractivity contribution in [1.82, 2.24) is 9.97 Å². The number of benzene rings is 2. The van der Waals surface area contributed by atoms with Crippen LogP contribution in [0.4, 0.5) is 11.6 Å². The van der Waals surface area contributed by atoms with Crippen LogP contribution in [0.25, 0.3) is 10.9 Å². The van der Waals surface area contributed by atoms with E-state index in [1.807, 2.05) is 0 Å². The van der Waals surface area contributed by atoms with Gasteiger partial charge in [0.2, 0.25) is 16.0 Å². The molecule has 0 amide bonds. The van der Waals surface area contributed by atoms with Crippen molar-refractivity contribution in [3.63, 3.8) is 0 Å². The van der Waals surface area contributed by atoms with Gasteiger partial charge in [-0.05, 0) is 30.3 Å². The zero-order valence-corrected chi connectivity index (χ0v) is 13.9. The molecule has 3 N–H and O–H groups in total. The van der Waals surface area contributed by atoms with Crippen molar-refractivity contribution in [2.45, 2.75) is 4.90 Å². The van der Waals surface area contributed by atoms with Gasteiger partial charge in [-0.1, -0.05) is 0 Å². The number of hydrogen-bond donors (Lipinski definition) is 2. The van der Waals surface area contributed by atoms with Crippen molar-refractivity contribution >= 4 is 32.6 Å². The Morgan fingerprint density at radius 2 is 1.96 bits per heavy atom. The van der Waals surface area contributed by atoms with Crippen molar-refractivity contribution in [2.75, 3.05) is 12.4 Å². The number of nitrogens with one attached hydrogen (secondary N) is 1. The predicted molar refractivity (Wildman–Crippen MR) is 91.9 cm³/mol. The maximum atomic E-state index is 11.3. The number of ether oxygens (including phenoxy) is 1. The molecular formula is C16H13N5O3S. The molecule has 0 spiro atoms. The predicted octanol–water partition coefficient (Wildman–Crippen LogP) is 1.90. The highest BCUT2D eigenvalue weighted by atomic mass is 32.2. The molecule has 0 saturated carbocycles. The molecule has 126 valence electrons. The number of hydrogen-bond acceptors (Lipinski definition) is 7. The molecule has 2 aromatic carbocycles. The van der Waals surface area contributed by atoms with E-state index in [0.29, 0.717) is 33.9 Å². The van der Waals surface area contributed by atoms with E-state index in [2.05, 4.69) is 21.4 Å². The standard InChI is InChI=1S/C16H13N5O3S/c1-24-14-7-10(8-17)6-11-9-19-16(21-15(11)14)20-12-2-4-13(5-3-12)25(18,22)23/h2-7,9H,1H3,(H2,18,22,23)(H,19,20,21). The number of nitrogens with two attached hydrogens (primary N) is 1. The van der Waals surface area contributed by atoms with Gasteiger partial charge in [0.1, 0.15) is 11.3 Å². The Kier molecular flexibility index (Phi) is 4.22. The third-order valence-corrected chi connectivity index (χ3v) is 4.37. The normalized spacial score (nSPS) is 11.1. The van der Waals surface area contributed by atoms with Crippen molar-refractivity contribution < 1.29 is 13.2 Å². The van der Waals surface area contributed by atoms with Crippen molar-refractivity contribution in [2.24, 2.45) is 5.14 Å². The Morgan fingerprint density at radius 3 is 2.56 bits per heavy atom. The number of rotatable bonds is 4. The highest BCUT2D eigenvalue weighted by Crippen LogP contribution is 2.27. The van der Waals surface area contributed by atoms with Crippen LogP contribution >= 0.6 is 0 Å². The first-order valence-corrected chi connectivity index (χ1v) is 8.60. The maximum absolute atomic E-state index is 11.3. The molecule has 1 aromatic heterocycles. The average molecular weight is 355 g/mol. The van der Waals surface area contributed by atoms with E-state index >= 15 is 0 Å². The Labute approximate surface area is 143 Å². The molecule has 0 unspecified atom stereocenters. The van der Waals surface area contributed by atoms with Crippen LogP contribution in [0, 0.1) is 11.3 Å². The van der Waals surface area contributed by atoms with Gasteiger partial charge in [0.25, 0.3) is 0 Å². The summed E-state index contributed by atoms with van der Waals surface area (Å²) in [6.45, 7) is 0. The molecule has 0 fully saturated rings. The average Bonchev–Trinajstić information content (AvgIpc) is 2.60. The summed E-state index contributed by atoms with van der Waals surface area (Å²) in [7, 11) is -2.24. The first-order chi connectivity index (χ1) is 11.9. The minimum Gasteiger partial charge on any atom is -0.494 e. The van der Waals surface area contributed by atoms with Crippen LogP contribution in [0.3, 0.4) is 0 Å². The molecule has 0 saturated heterocycles. The second kappa shape index (κ2) is 6.35. The van der Waals surface area contributed by atoms with Gasteiger partial charge in [0, 0.05) is 23.3 Å². The van der Waals surface area contributed by atoms with Crippen LogP contribution < -0.4 is 15.2 Å². The van der Waals surface area contributed by atoms with Gasteiger partial charge in [0.05, 0.1) is 23.6 Å². The summed E-state index contributed by atoms with van der Waals surface area (Å²) in [6, 6.07) is 11.2. The number of sulfonamides is 1. The molecule has 0 bridgehead atoms. The van der Waals surface area contributed by atoms with Crippen molar-refractivity contribution in [1.29, 1.82) is 5.26 Å². The molecule has 25 heavy (non-hydrogen) atoms. The molecule has 1 heterocycles. The van der Waals surface area contributed by atoms with Gasteiger partial charge < -0.3 is 10.1 Å². The van der Waals surface area contributed by atoms with E-state index in [1.165, 1.54) is 19.2 Å². The Balaban J connectivity index is 1.96. The second-order valence-electron chi connectivity index (χ2n) is 5.12. The minimum atomic E-state index is -3.74. The number of primary sulfonamides is 1. The molecule has 9 heteroatoms. The minimum absolute atomic E-state index is 0.0168. The fraction of sp³-hybridized carbons (Fsp3) is 0.0625. The third-order valence-electron chi connectivity index (χ3n) is 3.44. The van der Waals surface area contributed by atoms with Crippen LogP contribution in [0.2, 0.25) is 0 Å². The first kappa shape index (κ1) is 16.6. The maximum Gasteiger partial charge on any atom is 0.238 e. The van der Waals surface area contributed by atoms with Gasteiger partial charge in [-0.2, -0.15) is 5.26 Å². The first-order valence-electron chi connectivity index (χ1n) is 7.05.